The summed E-state index contributed by atoms with van der Waals surface area (Å²) in [6.07, 6.45) is 4.21. The van der Waals surface area contributed by atoms with Crippen molar-refractivity contribution in [2.45, 2.75) is 37.5 Å². The lowest BCUT2D eigenvalue weighted by Gasteiger charge is -2.37. The van der Waals surface area contributed by atoms with Crippen LogP contribution in [0, 0.1) is 5.92 Å². The minimum absolute atomic E-state index is 0.867. The highest BCUT2D eigenvalue weighted by molar-refractivity contribution is 8.00. The molecule has 2 nitrogen and oxygen atoms in total. The molecule has 0 saturated carbocycles. The van der Waals surface area contributed by atoms with Crippen LogP contribution >= 0.6 is 11.8 Å². The predicted molar refractivity (Wildman–Crippen MR) is 68.5 cm³/mol. The van der Waals surface area contributed by atoms with E-state index < -0.39 is 0 Å². The lowest BCUT2D eigenvalue weighted by atomic mass is 9.95. The quantitative estimate of drug-likeness (QED) is 0.793. The standard InChI is InChI=1S/C12H24N2S/c1-10-12(5-8-15-10)14-6-3-11(4-7-14)9-13-2/h10-13H,3-9H2,1-2H3. The number of rotatable bonds is 3. The van der Waals surface area contributed by atoms with E-state index in [1.165, 1.54) is 44.6 Å². The van der Waals surface area contributed by atoms with Crippen molar-refractivity contribution >= 4 is 11.8 Å². The minimum Gasteiger partial charge on any atom is -0.319 e. The first-order valence-electron chi connectivity index (χ1n) is 6.31. The Balaban J connectivity index is 1.77. The van der Waals surface area contributed by atoms with E-state index in [0.29, 0.717) is 0 Å². The van der Waals surface area contributed by atoms with Crippen molar-refractivity contribution in [1.82, 2.24) is 10.2 Å². The lowest BCUT2D eigenvalue weighted by molar-refractivity contribution is 0.133. The summed E-state index contributed by atoms with van der Waals surface area (Å²) in [5.41, 5.74) is 0. The predicted octanol–water partition coefficient (Wildman–Crippen LogP) is 1.81. The van der Waals surface area contributed by atoms with Crippen LogP contribution in [0.3, 0.4) is 0 Å². The molecule has 88 valence electrons. The van der Waals surface area contributed by atoms with E-state index >= 15 is 0 Å². The average Bonchev–Trinajstić information content (AvgIpc) is 2.66. The molecule has 15 heavy (non-hydrogen) atoms. The third-order valence-electron chi connectivity index (χ3n) is 3.95. The Hall–Kier alpha value is 0.270. The molecule has 0 aromatic heterocycles. The molecule has 2 saturated heterocycles. The Morgan fingerprint density at radius 1 is 1.27 bits per heavy atom. The van der Waals surface area contributed by atoms with Crippen LogP contribution in [0.5, 0.6) is 0 Å². The van der Waals surface area contributed by atoms with Crippen LogP contribution in [0.15, 0.2) is 0 Å². The van der Waals surface area contributed by atoms with Gasteiger partial charge in [-0.25, -0.2) is 0 Å². The summed E-state index contributed by atoms with van der Waals surface area (Å²) in [4.78, 5) is 2.75. The smallest absolute Gasteiger partial charge is 0.0219 e. The third-order valence-corrected chi connectivity index (χ3v) is 5.26. The van der Waals surface area contributed by atoms with Gasteiger partial charge in [-0.05, 0) is 57.6 Å². The zero-order valence-electron chi connectivity index (χ0n) is 10.0. The maximum atomic E-state index is 3.31. The first kappa shape index (κ1) is 11.7. The number of nitrogens with one attached hydrogen (secondary N) is 1. The van der Waals surface area contributed by atoms with Crippen molar-refractivity contribution in [3.63, 3.8) is 0 Å². The van der Waals surface area contributed by atoms with Crippen molar-refractivity contribution in [2.24, 2.45) is 5.92 Å². The summed E-state index contributed by atoms with van der Waals surface area (Å²) in [5, 5.41) is 4.17. The SMILES string of the molecule is CNCC1CCN(C2CCSC2C)CC1. The molecule has 1 N–H and O–H groups in total. The Morgan fingerprint density at radius 3 is 2.53 bits per heavy atom. The van der Waals surface area contributed by atoms with E-state index in [-0.39, 0.29) is 0 Å². The topological polar surface area (TPSA) is 15.3 Å². The summed E-state index contributed by atoms with van der Waals surface area (Å²) < 4.78 is 0. The molecule has 3 heteroatoms. The first-order chi connectivity index (χ1) is 7.31. The van der Waals surface area contributed by atoms with E-state index in [4.69, 9.17) is 0 Å². The molecular formula is C12H24N2S. The van der Waals surface area contributed by atoms with Crippen LogP contribution in [0.4, 0.5) is 0 Å². The van der Waals surface area contributed by atoms with Crippen LogP contribution in [0.2, 0.25) is 0 Å². The maximum Gasteiger partial charge on any atom is 0.0219 e. The Labute approximate surface area is 98.2 Å². The number of nitrogens with zero attached hydrogens (tertiary/aromatic N) is 1. The van der Waals surface area contributed by atoms with Gasteiger partial charge < -0.3 is 5.32 Å². The number of thioether (sulfide) groups is 1. The molecule has 2 rings (SSSR count). The fourth-order valence-corrected chi connectivity index (χ4v) is 4.26. The van der Waals surface area contributed by atoms with Crippen molar-refractivity contribution in [1.29, 1.82) is 0 Å². The van der Waals surface area contributed by atoms with Crippen molar-refractivity contribution < 1.29 is 0 Å². The van der Waals surface area contributed by atoms with Crippen LogP contribution in [0.25, 0.3) is 0 Å². The number of piperidine rings is 1. The Kier molecular flexibility index (Phi) is 4.35. The van der Waals surface area contributed by atoms with Gasteiger partial charge in [-0.3, -0.25) is 4.90 Å². The van der Waals surface area contributed by atoms with Gasteiger partial charge in [0.1, 0.15) is 0 Å². The second-order valence-corrected chi connectivity index (χ2v) is 6.45. The summed E-state index contributed by atoms with van der Waals surface area (Å²) in [6.45, 7) is 6.29. The first-order valence-corrected chi connectivity index (χ1v) is 7.36. The molecule has 0 bridgehead atoms. The van der Waals surface area contributed by atoms with E-state index in [0.717, 1.165) is 17.2 Å². The van der Waals surface area contributed by atoms with E-state index in [1.54, 1.807) is 0 Å². The number of hydrogen-bond acceptors (Lipinski definition) is 3. The molecule has 0 amide bonds. The second-order valence-electron chi connectivity index (χ2n) is 4.97. The fraction of sp³-hybridized carbons (Fsp3) is 1.00. The van der Waals surface area contributed by atoms with Crippen LogP contribution < -0.4 is 5.32 Å². The van der Waals surface area contributed by atoms with Crippen molar-refractivity contribution in [3.05, 3.63) is 0 Å². The molecule has 2 heterocycles. The van der Waals surface area contributed by atoms with Gasteiger partial charge in [0, 0.05) is 11.3 Å². The summed E-state index contributed by atoms with van der Waals surface area (Å²) in [5.74, 6) is 2.30. The van der Waals surface area contributed by atoms with Gasteiger partial charge >= 0.3 is 0 Å². The molecule has 0 spiro atoms. The van der Waals surface area contributed by atoms with Crippen LogP contribution in [-0.4, -0.2) is 48.6 Å². The molecule has 0 aromatic carbocycles. The molecule has 2 unspecified atom stereocenters. The molecule has 2 aliphatic heterocycles. The largest absolute Gasteiger partial charge is 0.319 e. The van der Waals surface area contributed by atoms with Gasteiger partial charge in [0.05, 0.1) is 0 Å². The molecule has 2 aliphatic rings. The summed E-state index contributed by atoms with van der Waals surface area (Å²) in [6, 6.07) is 0.880. The maximum absolute atomic E-state index is 3.31. The molecule has 2 fully saturated rings. The second kappa shape index (κ2) is 5.55. The van der Waals surface area contributed by atoms with Gasteiger partial charge in [-0.1, -0.05) is 6.92 Å². The highest BCUT2D eigenvalue weighted by atomic mass is 32.2. The molecule has 0 aromatic rings. The molecule has 0 radical (unpaired) electrons. The minimum atomic E-state index is 0.867. The highest BCUT2D eigenvalue weighted by Crippen LogP contribution is 2.32. The number of hydrogen-bond donors (Lipinski definition) is 1. The van der Waals surface area contributed by atoms with E-state index in [2.05, 4.69) is 35.9 Å². The van der Waals surface area contributed by atoms with Gasteiger partial charge in [-0.2, -0.15) is 11.8 Å². The van der Waals surface area contributed by atoms with Crippen molar-refractivity contribution in [3.8, 4) is 0 Å². The van der Waals surface area contributed by atoms with E-state index in [1.807, 2.05) is 0 Å². The summed E-state index contributed by atoms with van der Waals surface area (Å²) >= 11 is 2.16. The molecule has 0 aliphatic carbocycles. The normalized spacial score (nSPS) is 34.8. The fourth-order valence-electron chi connectivity index (χ4n) is 2.98. The Morgan fingerprint density at radius 2 is 2.00 bits per heavy atom. The highest BCUT2D eigenvalue weighted by Gasteiger charge is 2.31. The number of likely N-dealkylation sites (tertiary alicyclic amines) is 1. The van der Waals surface area contributed by atoms with Crippen molar-refractivity contribution in [2.75, 3.05) is 32.4 Å². The third kappa shape index (κ3) is 2.89. The van der Waals surface area contributed by atoms with Gasteiger partial charge in [0.25, 0.3) is 0 Å². The summed E-state index contributed by atoms with van der Waals surface area (Å²) in [7, 11) is 2.07. The lowest BCUT2D eigenvalue weighted by Crippen LogP contribution is -2.45. The van der Waals surface area contributed by atoms with Gasteiger partial charge in [-0.15, -0.1) is 0 Å². The molecular weight excluding hydrogens is 204 g/mol. The van der Waals surface area contributed by atoms with E-state index in [9.17, 15) is 0 Å². The average molecular weight is 228 g/mol. The van der Waals surface area contributed by atoms with Gasteiger partial charge in [0.2, 0.25) is 0 Å². The zero-order chi connectivity index (χ0) is 10.7. The molecule has 2 atom stereocenters. The monoisotopic (exact) mass is 228 g/mol. The van der Waals surface area contributed by atoms with Gasteiger partial charge in [0.15, 0.2) is 0 Å². The zero-order valence-corrected chi connectivity index (χ0v) is 10.9. The Bertz CT molecular complexity index is 190. The van der Waals surface area contributed by atoms with Crippen LogP contribution in [-0.2, 0) is 0 Å². The van der Waals surface area contributed by atoms with Crippen LogP contribution in [0.1, 0.15) is 26.2 Å².